The van der Waals surface area contributed by atoms with Crippen molar-refractivity contribution in [3.8, 4) is 0 Å². The Morgan fingerprint density at radius 3 is 2.70 bits per heavy atom. The number of imidazole rings is 1. The largest absolute Gasteiger partial charge is 0.509 e. The number of hydrogen-bond acceptors (Lipinski definition) is 18. The SMILES string of the molecule is CO[C@H]1[C@@H](O[P@](=O)(OC[C@H]2O[C@@H](n3cnc4c(N)ncnc43)C[C@H]2O)SCOC(=O)OC(C)C)[C@@H](CO)O[C@H]1n1ccc(=O)[nH]c1=O. The van der Waals surface area contributed by atoms with Gasteiger partial charge in [0.15, 0.2) is 23.6 Å². The van der Waals surface area contributed by atoms with Crippen LogP contribution in [0.1, 0.15) is 32.7 Å². The summed E-state index contributed by atoms with van der Waals surface area (Å²) in [6.45, 7) is -2.26. The summed E-state index contributed by atoms with van der Waals surface area (Å²) in [6, 6.07) is 1.09. The van der Waals surface area contributed by atoms with Gasteiger partial charge in [0.05, 0.1) is 31.7 Å². The lowest BCUT2D eigenvalue weighted by molar-refractivity contribution is -0.0625. The van der Waals surface area contributed by atoms with Crippen molar-refractivity contribution < 1.29 is 52.3 Å². The predicted octanol–water partition coefficient (Wildman–Crippen LogP) is 0.274. The van der Waals surface area contributed by atoms with Crippen LogP contribution in [0.5, 0.6) is 0 Å². The minimum atomic E-state index is -4.38. The number of ether oxygens (including phenoxy) is 5. The number of fused-ring (bicyclic) bond motifs is 1. The van der Waals surface area contributed by atoms with E-state index in [4.69, 9.17) is 38.5 Å². The van der Waals surface area contributed by atoms with Crippen LogP contribution in [0.4, 0.5) is 10.6 Å². The normalized spacial score (nSPS) is 27.3. The molecule has 5 heterocycles. The molecule has 8 atom stereocenters. The Morgan fingerprint density at radius 2 is 2.00 bits per heavy atom. The standard InChI is InChI=1S/C25H34N7O13PS/c1-12(2)42-25(37)40-11-47-46(38,45-19-14(7-33)44-23(20(19)39-3)31-5-4-16(35)30-24(31)36)41-8-15-13(34)6-17(43-15)32-10-29-18-21(26)27-9-28-22(18)32/h4-5,9-10,12-15,17,19-20,23,33-34H,6-8,11H2,1-3H3,(H2,26,27,28)(H,30,35,36)/t13-,14-,15-,17-,19+,20+,23-,46+/m1/s1. The lowest BCUT2D eigenvalue weighted by Gasteiger charge is -2.28. The van der Waals surface area contributed by atoms with E-state index in [0.29, 0.717) is 22.5 Å². The van der Waals surface area contributed by atoms with Crippen LogP contribution in [0.3, 0.4) is 0 Å². The zero-order valence-electron chi connectivity index (χ0n) is 25.3. The zero-order valence-corrected chi connectivity index (χ0v) is 27.0. The molecule has 2 aliphatic rings. The van der Waals surface area contributed by atoms with Crippen LogP contribution in [0.15, 0.2) is 34.5 Å². The number of H-pyrrole nitrogens is 1. The highest BCUT2D eigenvalue weighted by Gasteiger charge is 2.51. The van der Waals surface area contributed by atoms with Gasteiger partial charge >= 0.3 is 18.6 Å². The van der Waals surface area contributed by atoms with Crippen molar-refractivity contribution in [2.75, 3.05) is 32.0 Å². The zero-order chi connectivity index (χ0) is 33.9. The molecule has 0 spiro atoms. The third kappa shape index (κ3) is 7.85. The summed E-state index contributed by atoms with van der Waals surface area (Å²) in [5, 5.41) is 20.9. The number of carbonyl (C=O) groups is 1. The molecular formula is C25H34N7O13PS. The number of aromatic amines is 1. The van der Waals surface area contributed by atoms with E-state index in [1.807, 2.05) is 0 Å². The number of nitrogen functional groups attached to an aromatic ring is 1. The van der Waals surface area contributed by atoms with E-state index in [2.05, 4.69) is 19.9 Å². The molecule has 3 aromatic rings. The second-order valence-corrected chi connectivity index (χ2v) is 14.6. The first kappa shape index (κ1) is 34.9. The van der Waals surface area contributed by atoms with E-state index < -0.39 is 92.4 Å². The minimum Gasteiger partial charge on any atom is -0.432 e. The smallest absolute Gasteiger partial charge is 0.432 e. The van der Waals surface area contributed by atoms with E-state index >= 15 is 0 Å². The molecule has 2 aliphatic heterocycles. The summed E-state index contributed by atoms with van der Waals surface area (Å²) in [5.74, 6) is -0.375. The molecule has 0 amide bonds. The third-order valence-electron chi connectivity index (χ3n) is 7.13. The highest BCUT2D eigenvalue weighted by Crippen LogP contribution is 2.63. The van der Waals surface area contributed by atoms with Crippen LogP contribution < -0.4 is 17.0 Å². The molecule has 258 valence electrons. The van der Waals surface area contributed by atoms with Gasteiger partial charge < -0.3 is 39.6 Å². The van der Waals surface area contributed by atoms with E-state index in [1.54, 1.807) is 18.4 Å². The molecule has 22 heteroatoms. The van der Waals surface area contributed by atoms with E-state index in [0.717, 1.165) is 10.6 Å². The predicted molar refractivity (Wildman–Crippen MR) is 161 cm³/mol. The summed E-state index contributed by atoms with van der Waals surface area (Å²) >= 11 is 0.476. The maximum atomic E-state index is 14.2. The van der Waals surface area contributed by atoms with Gasteiger partial charge in [-0.05, 0) is 13.8 Å². The summed E-state index contributed by atoms with van der Waals surface area (Å²) in [4.78, 5) is 50.5. The van der Waals surface area contributed by atoms with Crippen LogP contribution in [0, 0.1) is 0 Å². The Morgan fingerprint density at radius 1 is 1.21 bits per heavy atom. The molecule has 2 fully saturated rings. The van der Waals surface area contributed by atoms with Gasteiger partial charge in [0, 0.05) is 37.2 Å². The first-order chi connectivity index (χ1) is 22.4. The van der Waals surface area contributed by atoms with Crippen LogP contribution in [-0.4, -0.2) is 108 Å². The van der Waals surface area contributed by atoms with Crippen molar-refractivity contribution >= 4 is 41.3 Å². The molecule has 2 saturated heterocycles. The highest BCUT2D eigenvalue weighted by atomic mass is 32.7. The van der Waals surface area contributed by atoms with Gasteiger partial charge in [0.25, 0.3) is 5.56 Å². The fourth-order valence-electron chi connectivity index (χ4n) is 4.98. The monoisotopic (exact) mass is 703 g/mol. The fraction of sp³-hybridized carbons (Fsp3) is 0.600. The number of nitrogens with zero attached hydrogens (tertiary/aromatic N) is 5. The topological polar surface area (TPSA) is 264 Å². The summed E-state index contributed by atoms with van der Waals surface area (Å²) < 4.78 is 55.8. The molecule has 0 aromatic carbocycles. The molecule has 5 N–H and O–H groups in total. The number of carbonyl (C=O) groups excluding carboxylic acids is 1. The Kier molecular flexibility index (Phi) is 11.0. The summed E-state index contributed by atoms with van der Waals surface area (Å²) in [5.41, 5.74) is 5.13. The second kappa shape index (κ2) is 14.8. The number of rotatable bonds is 13. The Balaban J connectivity index is 1.34. The van der Waals surface area contributed by atoms with Gasteiger partial charge in [-0.25, -0.2) is 29.1 Å². The van der Waals surface area contributed by atoms with Crippen LogP contribution in [-0.2, 0) is 37.3 Å². The van der Waals surface area contributed by atoms with Gasteiger partial charge in [-0.15, -0.1) is 0 Å². The summed E-state index contributed by atoms with van der Waals surface area (Å²) in [6.07, 6.45) is -5.23. The van der Waals surface area contributed by atoms with Crippen LogP contribution >= 0.6 is 18.2 Å². The molecule has 0 aliphatic carbocycles. The van der Waals surface area contributed by atoms with Gasteiger partial charge in [0.1, 0.15) is 42.5 Å². The number of anilines is 1. The van der Waals surface area contributed by atoms with E-state index in [-0.39, 0.29) is 12.2 Å². The van der Waals surface area contributed by atoms with Crippen molar-refractivity contribution in [3.05, 3.63) is 45.8 Å². The van der Waals surface area contributed by atoms with E-state index in [9.17, 15) is 29.2 Å². The average molecular weight is 704 g/mol. The number of hydrogen-bond donors (Lipinski definition) is 4. The number of nitrogens with one attached hydrogen (secondary N) is 1. The number of nitrogens with two attached hydrogens (primary N) is 1. The number of aromatic nitrogens is 6. The maximum absolute atomic E-state index is 14.2. The van der Waals surface area contributed by atoms with Gasteiger partial charge in [-0.3, -0.25) is 28.0 Å². The quantitative estimate of drug-likeness (QED) is 0.106. The first-order valence-corrected chi connectivity index (χ1v) is 17.3. The number of aliphatic hydroxyl groups excluding tert-OH is 2. The van der Waals surface area contributed by atoms with E-state index in [1.165, 1.54) is 26.0 Å². The Hall–Kier alpha value is -3.40. The summed E-state index contributed by atoms with van der Waals surface area (Å²) in [7, 11) is 1.28. The van der Waals surface area contributed by atoms with Gasteiger partial charge in [-0.1, -0.05) is 0 Å². The van der Waals surface area contributed by atoms with Crippen molar-refractivity contribution in [1.82, 2.24) is 29.1 Å². The highest BCUT2D eigenvalue weighted by molar-refractivity contribution is 8.55. The lowest BCUT2D eigenvalue weighted by atomic mass is 10.1. The maximum Gasteiger partial charge on any atom is 0.509 e. The Bertz CT molecular complexity index is 1720. The molecule has 5 rings (SSSR count). The van der Waals surface area contributed by atoms with Crippen LogP contribution in [0.25, 0.3) is 11.2 Å². The van der Waals surface area contributed by atoms with Crippen molar-refractivity contribution in [1.29, 1.82) is 0 Å². The molecule has 20 nitrogen and oxygen atoms in total. The second-order valence-electron chi connectivity index (χ2n) is 10.6. The molecule has 0 unspecified atom stereocenters. The lowest BCUT2D eigenvalue weighted by Crippen LogP contribution is -2.39. The van der Waals surface area contributed by atoms with Crippen molar-refractivity contribution in [2.45, 2.75) is 69.3 Å². The minimum absolute atomic E-state index is 0.0935. The van der Waals surface area contributed by atoms with Crippen molar-refractivity contribution in [2.24, 2.45) is 0 Å². The van der Waals surface area contributed by atoms with Crippen molar-refractivity contribution in [3.63, 3.8) is 0 Å². The molecule has 0 saturated carbocycles. The van der Waals surface area contributed by atoms with Gasteiger partial charge in [0.2, 0.25) is 0 Å². The van der Waals surface area contributed by atoms with Gasteiger partial charge in [-0.2, -0.15) is 0 Å². The fourth-order valence-corrected chi connectivity index (χ4v) is 7.77. The molecule has 0 bridgehead atoms. The molecule has 3 aromatic heterocycles. The average Bonchev–Trinajstić information content (AvgIpc) is 3.71. The third-order valence-corrected chi connectivity index (χ3v) is 10.5. The number of aliphatic hydroxyl groups is 2. The first-order valence-electron chi connectivity index (χ1n) is 14.2. The molecular weight excluding hydrogens is 669 g/mol. The number of methoxy groups -OCH3 is 1. The molecule has 47 heavy (non-hydrogen) atoms. The van der Waals surface area contributed by atoms with Crippen LogP contribution in [0.2, 0.25) is 0 Å². The molecule has 0 radical (unpaired) electrons. The Labute approximate surface area is 269 Å².